The van der Waals surface area contributed by atoms with E-state index in [0.717, 1.165) is 35.7 Å². The average molecular weight is 383 g/mol. The monoisotopic (exact) mass is 382 g/mol. The van der Waals surface area contributed by atoms with Crippen molar-refractivity contribution < 1.29 is 8.42 Å². The van der Waals surface area contributed by atoms with Crippen LogP contribution in [0, 0.1) is 0 Å². The Kier molecular flexibility index (Phi) is 4.96. The number of nitrogens with one attached hydrogen (secondary N) is 2. The smallest absolute Gasteiger partial charge is 0.261 e. The van der Waals surface area contributed by atoms with E-state index in [4.69, 9.17) is 0 Å². The SMILES string of the molecule is CCc1cccc(NS(=O)(=O)c2ccc3[nH]c4c(c3c2)CCCCCC4)c1. The third kappa shape index (κ3) is 3.74. The minimum absolute atomic E-state index is 0.320. The number of aromatic nitrogens is 1. The van der Waals surface area contributed by atoms with Crippen LogP contribution in [0.3, 0.4) is 0 Å². The van der Waals surface area contributed by atoms with Crippen LogP contribution in [0.15, 0.2) is 47.4 Å². The van der Waals surface area contributed by atoms with E-state index >= 15 is 0 Å². The van der Waals surface area contributed by atoms with Gasteiger partial charge in [-0.25, -0.2) is 8.42 Å². The van der Waals surface area contributed by atoms with Crippen LogP contribution in [0.5, 0.6) is 0 Å². The van der Waals surface area contributed by atoms with Gasteiger partial charge in [0, 0.05) is 22.3 Å². The Labute approximate surface area is 161 Å². The zero-order valence-corrected chi connectivity index (χ0v) is 16.5. The molecule has 0 fully saturated rings. The van der Waals surface area contributed by atoms with Gasteiger partial charge in [0.15, 0.2) is 0 Å². The van der Waals surface area contributed by atoms with Crippen LogP contribution < -0.4 is 4.72 Å². The van der Waals surface area contributed by atoms with Gasteiger partial charge in [-0.1, -0.05) is 31.9 Å². The van der Waals surface area contributed by atoms with Crippen LogP contribution in [-0.4, -0.2) is 13.4 Å². The van der Waals surface area contributed by atoms with Crippen molar-refractivity contribution >= 4 is 26.6 Å². The molecule has 27 heavy (non-hydrogen) atoms. The lowest BCUT2D eigenvalue weighted by molar-refractivity contribution is 0.601. The van der Waals surface area contributed by atoms with Gasteiger partial charge in [-0.05, 0) is 73.6 Å². The lowest BCUT2D eigenvalue weighted by Gasteiger charge is -2.11. The molecule has 5 heteroatoms. The number of hydrogen-bond donors (Lipinski definition) is 2. The fraction of sp³-hybridized carbons (Fsp3) is 0.364. The van der Waals surface area contributed by atoms with Crippen molar-refractivity contribution in [2.45, 2.75) is 56.8 Å². The Bertz CT molecular complexity index is 1070. The Morgan fingerprint density at radius 1 is 1.00 bits per heavy atom. The third-order valence-corrected chi connectivity index (χ3v) is 6.85. The first-order valence-corrected chi connectivity index (χ1v) is 11.3. The minimum Gasteiger partial charge on any atom is -0.358 e. The first kappa shape index (κ1) is 18.1. The van der Waals surface area contributed by atoms with Gasteiger partial charge in [-0.15, -0.1) is 0 Å². The van der Waals surface area contributed by atoms with Gasteiger partial charge < -0.3 is 4.98 Å². The van der Waals surface area contributed by atoms with E-state index in [2.05, 4.69) is 16.6 Å². The van der Waals surface area contributed by atoms with Crippen LogP contribution in [0.25, 0.3) is 10.9 Å². The molecule has 1 aliphatic rings. The second-order valence-corrected chi connectivity index (χ2v) is 9.05. The number of rotatable bonds is 4. The summed E-state index contributed by atoms with van der Waals surface area (Å²) in [6.07, 6.45) is 7.82. The Balaban J connectivity index is 1.70. The standard InChI is InChI=1S/C22H26N2O2S/c1-2-16-8-7-9-17(14-16)24-27(25,26)18-12-13-22-20(15-18)19-10-5-3-4-6-11-21(19)23-22/h7-9,12-15,23-24H,2-6,10-11H2,1H3. The Morgan fingerprint density at radius 2 is 1.81 bits per heavy atom. The van der Waals surface area contributed by atoms with Gasteiger partial charge in [-0.3, -0.25) is 4.72 Å². The molecule has 1 aromatic heterocycles. The van der Waals surface area contributed by atoms with Gasteiger partial charge in [0.25, 0.3) is 10.0 Å². The molecule has 0 aliphatic heterocycles. The normalized spacial score (nSPS) is 15.1. The molecule has 0 radical (unpaired) electrons. The molecule has 2 N–H and O–H groups in total. The predicted octanol–water partition coefficient (Wildman–Crippen LogP) is 5.19. The number of anilines is 1. The molecule has 2 aromatic carbocycles. The number of H-pyrrole nitrogens is 1. The van der Waals surface area contributed by atoms with Gasteiger partial charge in [0.1, 0.15) is 0 Å². The summed E-state index contributed by atoms with van der Waals surface area (Å²) in [5.74, 6) is 0. The number of fused-ring (bicyclic) bond motifs is 3. The van der Waals surface area contributed by atoms with E-state index in [1.54, 1.807) is 12.1 Å². The maximum Gasteiger partial charge on any atom is 0.261 e. The lowest BCUT2D eigenvalue weighted by atomic mass is 9.97. The van der Waals surface area contributed by atoms with Gasteiger partial charge in [-0.2, -0.15) is 0 Å². The predicted molar refractivity (Wildman–Crippen MR) is 111 cm³/mol. The summed E-state index contributed by atoms with van der Waals surface area (Å²) in [5.41, 5.74) is 5.34. The van der Waals surface area contributed by atoms with Crippen LogP contribution in [0.2, 0.25) is 0 Å². The van der Waals surface area contributed by atoms with E-state index in [-0.39, 0.29) is 0 Å². The molecule has 1 aliphatic carbocycles. The number of benzene rings is 2. The molecule has 0 amide bonds. The van der Waals surface area contributed by atoms with Crippen molar-refractivity contribution in [3.8, 4) is 0 Å². The van der Waals surface area contributed by atoms with Crippen LogP contribution in [-0.2, 0) is 29.3 Å². The summed E-state index contributed by atoms with van der Waals surface area (Å²) in [5, 5.41) is 1.05. The van der Waals surface area contributed by atoms with Crippen molar-refractivity contribution in [1.82, 2.24) is 4.98 Å². The molecule has 0 atom stereocenters. The van der Waals surface area contributed by atoms with Gasteiger partial charge >= 0.3 is 0 Å². The maximum atomic E-state index is 12.9. The minimum atomic E-state index is -3.61. The lowest BCUT2D eigenvalue weighted by Crippen LogP contribution is -2.13. The van der Waals surface area contributed by atoms with E-state index < -0.39 is 10.0 Å². The highest BCUT2D eigenvalue weighted by atomic mass is 32.2. The van der Waals surface area contributed by atoms with Crippen molar-refractivity contribution in [3.05, 3.63) is 59.3 Å². The fourth-order valence-electron chi connectivity index (χ4n) is 3.97. The molecule has 0 spiro atoms. The molecule has 142 valence electrons. The fourth-order valence-corrected chi connectivity index (χ4v) is 5.05. The van der Waals surface area contributed by atoms with Gasteiger partial charge in [0.2, 0.25) is 0 Å². The largest absolute Gasteiger partial charge is 0.358 e. The number of aromatic amines is 1. The number of aryl methyl sites for hydroxylation is 3. The summed E-state index contributed by atoms with van der Waals surface area (Å²) < 4.78 is 28.6. The van der Waals surface area contributed by atoms with E-state index in [1.165, 1.54) is 36.9 Å². The summed E-state index contributed by atoms with van der Waals surface area (Å²) in [6.45, 7) is 2.06. The molecule has 0 saturated carbocycles. The van der Waals surface area contributed by atoms with Crippen LogP contribution in [0.4, 0.5) is 5.69 Å². The van der Waals surface area contributed by atoms with Crippen molar-refractivity contribution in [2.75, 3.05) is 4.72 Å². The molecule has 4 nitrogen and oxygen atoms in total. The first-order chi connectivity index (χ1) is 13.1. The summed E-state index contributed by atoms with van der Waals surface area (Å²) in [7, 11) is -3.61. The molecule has 0 saturated heterocycles. The molecular weight excluding hydrogens is 356 g/mol. The zero-order chi connectivity index (χ0) is 18.9. The molecule has 3 aromatic rings. The Morgan fingerprint density at radius 3 is 2.63 bits per heavy atom. The topological polar surface area (TPSA) is 62.0 Å². The van der Waals surface area contributed by atoms with E-state index in [9.17, 15) is 8.42 Å². The third-order valence-electron chi connectivity index (χ3n) is 5.47. The molecule has 1 heterocycles. The highest BCUT2D eigenvalue weighted by molar-refractivity contribution is 7.92. The average Bonchev–Trinajstić information content (AvgIpc) is 2.97. The Hall–Kier alpha value is -2.27. The van der Waals surface area contributed by atoms with Crippen molar-refractivity contribution in [3.63, 3.8) is 0 Å². The molecule has 0 bridgehead atoms. The summed E-state index contributed by atoms with van der Waals surface area (Å²) >= 11 is 0. The summed E-state index contributed by atoms with van der Waals surface area (Å²) in [6, 6.07) is 13.0. The van der Waals surface area contributed by atoms with Crippen molar-refractivity contribution in [1.29, 1.82) is 0 Å². The quantitative estimate of drug-likeness (QED) is 0.652. The molecule has 0 unspecified atom stereocenters. The zero-order valence-electron chi connectivity index (χ0n) is 15.7. The maximum absolute atomic E-state index is 12.9. The van der Waals surface area contributed by atoms with Crippen LogP contribution in [0.1, 0.15) is 49.4 Å². The first-order valence-electron chi connectivity index (χ1n) is 9.82. The second kappa shape index (κ2) is 7.39. The number of sulfonamides is 1. The van der Waals surface area contributed by atoms with E-state index in [1.807, 2.05) is 30.3 Å². The molecule has 4 rings (SSSR count). The summed E-state index contributed by atoms with van der Waals surface area (Å²) in [4.78, 5) is 3.83. The van der Waals surface area contributed by atoms with E-state index in [0.29, 0.717) is 10.6 Å². The molecular formula is C22H26N2O2S. The number of hydrogen-bond acceptors (Lipinski definition) is 2. The van der Waals surface area contributed by atoms with Crippen molar-refractivity contribution in [2.24, 2.45) is 0 Å². The van der Waals surface area contributed by atoms with Crippen LogP contribution >= 0.6 is 0 Å². The highest BCUT2D eigenvalue weighted by Gasteiger charge is 2.19. The van der Waals surface area contributed by atoms with Gasteiger partial charge in [0.05, 0.1) is 4.90 Å². The highest BCUT2D eigenvalue weighted by Crippen LogP contribution is 2.30. The second-order valence-electron chi connectivity index (χ2n) is 7.36.